The number of aromatic amines is 1. The van der Waals surface area contributed by atoms with Gasteiger partial charge in [0.15, 0.2) is 9.84 Å². The molecular formula is C29H36FN3O8S2. The number of H-pyrrole nitrogens is 1. The second-order valence-corrected chi connectivity index (χ2v) is 15.8. The van der Waals surface area contributed by atoms with Gasteiger partial charge in [-0.2, -0.15) is 4.31 Å². The molecule has 1 spiro atoms. The molecule has 0 saturated carbocycles. The first-order chi connectivity index (χ1) is 20.3. The van der Waals surface area contributed by atoms with Crippen molar-refractivity contribution in [1.82, 2.24) is 14.6 Å². The lowest BCUT2D eigenvalue weighted by atomic mass is 9.88. The molecule has 0 bridgehead atoms. The molecule has 2 fully saturated rings. The quantitative estimate of drug-likeness (QED) is 0.303. The maximum atomic E-state index is 14.0. The molecule has 0 amide bonds. The lowest BCUT2D eigenvalue weighted by molar-refractivity contribution is -0.0312. The third kappa shape index (κ3) is 6.49. The van der Waals surface area contributed by atoms with E-state index in [1.165, 1.54) is 34.6 Å². The third-order valence-corrected chi connectivity index (χ3v) is 12.2. The predicted octanol–water partition coefficient (Wildman–Crippen LogP) is 2.19. The monoisotopic (exact) mass is 637 g/mol. The highest BCUT2D eigenvalue weighted by molar-refractivity contribution is 7.92. The Morgan fingerprint density at radius 1 is 1.16 bits per heavy atom. The molecule has 11 nitrogen and oxygen atoms in total. The van der Waals surface area contributed by atoms with Crippen LogP contribution in [0.5, 0.6) is 5.75 Å². The van der Waals surface area contributed by atoms with Crippen LogP contribution in [0.3, 0.4) is 0 Å². The number of sulfone groups is 1. The second-order valence-electron chi connectivity index (χ2n) is 11.4. The van der Waals surface area contributed by atoms with Gasteiger partial charge in [0.25, 0.3) is 0 Å². The molecular weight excluding hydrogens is 601 g/mol. The molecule has 3 heterocycles. The Bertz CT molecular complexity index is 1750. The minimum absolute atomic E-state index is 0.0252. The molecule has 2 atom stereocenters. The number of aliphatic hydroxyl groups excluding tert-OH is 1. The lowest BCUT2D eigenvalue weighted by Gasteiger charge is -2.37. The second kappa shape index (κ2) is 12.3. The van der Waals surface area contributed by atoms with Crippen molar-refractivity contribution in [3.8, 4) is 5.75 Å². The van der Waals surface area contributed by atoms with Crippen LogP contribution in [0.1, 0.15) is 33.1 Å². The van der Waals surface area contributed by atoms with Gasteiger partial charge in [-0.05, 0) is 63.4 Å². The average molecular weight is 638 g/mol. The summed E-state index contributed by atoms with van der Waals surface area (Å²) < 4.78 is 78.6. The van der Waals surface area contributed by atoms with E-state index in [0.29, 0.717) is 31.6 Å². The number of para-hydroxylation sites is 1. The number of sulfonamides is 1. The summed E-state index contributed by atoms with van der Waals surface area (Å²) >= 11 is 0. The van der Waals surface area contributed by atoms with Crippen LogP contribution in [0.2, 0.25) is 0 Å². The third-order valence-electron chi connectivity index (χ3n) is 8.13. The molecule has 5 rings (SSSR count). The number of aromatic nitrogens is 1. The molecule has 1 aromatic heterocycles. The molecule has 1 unspecified atom stereocenters. The molecule has 2 saturated heterocycles. The van der Waals surface area contributed by atoms with Gasteiger partial charge in [0, 0.05) is 37.3 Å². The number of piperidine rings is 1. The first-order valence-corrected chi connectivity index (χ1v) is 17.1. The lowest BCUT2D eigenvalue weighted by Crippen LogP contribution is -2.47. The van der Waals surface area contributed by atoms with Crippen molar-refractivity contribution in [2.75, 3.05) is 32.8 Å². The number of benzene rings is 2. The minimum atomic E-state index is -4.11. The molecule has 3 aromatic rings. The number of ether oxygens (including phenoxy) is 2. The molecule has 43 heavy (non-hydrogen) atoms. The number of aliphatic hydroxyl groups is 1. The van der Waals surface area contributed by atoms with Crippen LogP contribution in [0.25, 0.3) is 10.9 Å². The SMILES string of the molecule is CC(C)S(=O)(=O)c1cccc(OCC(O)CN[C@H]2COC3(CCN(S(=O)(=O)c4c[nH]c5c(F)cccc5c4=O)CC3)C2)c1. The van der Waals surface area contributed by atoms with E-state index >= 15 is 0 Å². The smallest absolute Gasteiger partial charge is 0.248 e. The van der Waals surface area contributed by atoms with Gasteiger partial charge in [-0.3, -0.25) is 4.79 Å². The van der Waals surface area contributed by atoms with E-state index in [0.717, 1.165) is 6.20 Å². The first kappa shape index (κ1) is 31.5. The Labute approximate surface area is 250 Å². The van der Waals surface area contributed by atoms with Crippen LogP contribution in [-0.2, 0) is 24.6 Å². The topological polar surface area (TPSA) is 155 Å². The molecule has 14 heteroatoms. The Morgan fingerprint density at radius 2 is 1.88 bits per heavy atom. The Balaban J connectivity index is 1.12. The van der Waals surface area contributed by atoms with Gasteiger partial charge in [-0.25, -0.2) is 21.2 Å². The number of rotatable bonds is 10. The van der Waals surface area contributed by atoms with E-state index < -0.39 is 53.0 Å². The van der Waals surface area contributed by atoms with Crippen molar-refractivity contribution in [2.45, 2.75) is 65.9 Å². The van der Waals surface area contributed by atoms with E-state index in [1.54, 1.807) is 26.0 Å². The zero-order valence-corrected chi connectivity index (χ0v) is 25.6. The van der Waals surface area contributed by atoms with E-state index in [4.69, 9.17) is 9.47 Å². The fourth-order valence-electron chi connectivity index (χ4n) is 5.55. The highest BCUT2D eigenvalue weighted by Gasteiger charge is 2.45. The Morgan fingerprint density at radius 3 is 2.60 bits per heavy atom. The fraction of sp³-hybridized carbons (Fsp3) is 0.483. The van der Waals surface area contributed by atoms with Crippen molar-refractivity contribution < 1.29 is 35.8 Å². The number of nitrogens with zero attached hydrogens (tertiary/aromatic N) is 1. The fourth-order valence-corrected chi connectivity index (χ4v) is 8.14. The summed E-state index contributed by atoms with van der Waals surface area (Å²) in [6.07, 6.45) is 1.69. The molecule has 2 aliphatic rings. The van der Waals surface area contributed by atoms with Gasteiger partial charge < -0.3 is 24.9 Å². The highest BCUT2D eigenvalue weighted by Crippen LogP contribution is 2.37. The van der Waals surface area contributed by atoms with Crippen LogP contribution >= 0.6 is 0 Å². The van der Waals surface area contributed by atoms with Crippen LogP contribution in [0, 0.1) is 5.82 Å². The van der Waals surface area contributed by atoms with Crippen molar-refractivity contribution in [1.29, 1.82) is 0 Å². The maximum Gasteiger partial charge on any atom is 0.248 e. The van der Waals surface area contributed by atoms with Crippen LogP contribution in [0.4, 0.5) is 4.39 Å². The van der Waals surface area contributed by atoms with Crippen molar-refractivity contribution >= 4 is 30.8 Å². The van der Waals surface area contributed by atoms with Crippen molar-refractivity contribution in [2.24, 2.45) is 0 Å². The normalized spacial score (nSPS) is 20.2. The zero-order chi connectivity index (χ0) is 31.0. The number of halogens is 1. The van der Waals surface area contributed by atoms with Crippen molar-refractivity contribution in [3.05, 3.63) is 64.7 Å². The largest absolute Gasteiger partial charge is 0.491 e. The molecule has 2 aliphatic heterocycles. The predicted molar refractivity (Wildman–Crippen MR) is 158 cm³/mol. The number of nitrogens with one attached hydrogen (secondary N) is 2. The van der Waals surface area contributed by atoms with Gasteiger partial charge in [0.1, 0.15) is 29.2 Å². The van der Waals surface area contributed by atoms with Gasteiger partial charge in [-0.15, -0.1) is 0 Å². The zero-order valence-electron chi connectivity index (χ0n) is 24.0. The van der Waals surface area contributed by atoms with Crippen LogP contribution in [-0.4, -0.2) is 87.1 Å². The summed E-state index contributed by atoms with van der Waals surface area (Å²) in [5.74, 6) is -0.284. The number of hydrogen-bond acceptors (Lipinski definition) is 9. The minimum Gasteiger partial charge on any atom is -0.491 e. The van der Waals surface area contributed by atoms with Gasteiger partial charge in [0.05, 0.1) is 27.9 Å². The molecule has 0 aliphatic carbocycles. The van der Waals surface area contributed by atoms with E-state index in [2.05, 4.69) is 10.3 Å². The van der Waals surface area contributed by atoms with Crippen molar-refractivity contribution in [3.63, 3.8) is 0 Å². The van der Waals surface area contributed by atoms with Gasteiger partial charge in [0.2, 0.25) is 15.5 Å². The molecule has 2 aromatic carbocycles. The number of fused-ring (bicyclic) bond motifs is 1. The summed E-state index contributed by atoms with van der Waals surface area (Å²) in [5, 5.41) is 13.1. The van der Waals surface area contributed by atoms with E-state index in [-0.39, 0.29) is 48.1 Å². The summed E-state index contributed by atoms with van der Waals surface area (Å²) in [4.78, 5) is 15.3. The summed E-state index contributed by atoms with van der Waals surface area (Å²) in [7, 11) is -7.55. The van der Waals surface area contributed by atoms with Gasteiger partial charge >= 0.3 is 0 Å². The standard InChI is InChI=1S/C29H36FN3O8S2/c1-19(2)42(36,37)23-6-3-5-22(13-23)40-18-21(34)15-31-20-14-29(41-17-20)9-11-33(12-10-29)43(38,39)26-16-32-27-24(28(26)35)7-4-8-25(27)30/h3-8,13,16,19-21,31,34H,9-12,14-15,17-18H2,1-2H3,(H,32,35)/t20-,21?/m1/s1. The highest BCUT2D eigenvalue weighted by atomic mass is 32.2. The summed E-state index contributed by atoms with van der Waals surface area (Å²) in [6, 6.07) is 10.1. The Hall–Kier alpha value is -2.88. The molecule has 3 N–H and O–H groups in total. The summed E-state index contributed by atoms with van der Waals surface area (Å²) in [5.41, 5.74) is -1.30. The Kier molecular flexibility index (Phi) is 8.99. The number of hydrogen-bond donors (Lipinski definition) is 3. The van der Waals surface area contributed by atoms with E-state index in [9.17, 15) is 31.1 Å². The van der Waals surface area contributed by atoms with Crippen LogP contribution < -0.4 is 15.5 Å². The molecule has 234 valence electrons. The van der Waals surface area contributed by atoms with Gasteiger partial charge in [-0.1, -0.05) is 12.1 Å². The average Bonchev–Trinajstić information content (AvgIpc) is 3.37. The first-order valence-electron chi connectivity index (χ1n) is 14.1. The summed E-state index contributed by atoms with van der Waals surface area (Å²) in [6.45, 7) is 4.13. The number of pyridine rings is 1. The maximum absolute atomic E-state index is 14.0. The molecule has 0 radical (unpaired) electrons. The van der Waals surface area contributed by atoms with Crippen LogP contribution in [0.15, 0.2) is 63.2 Å². The van der Waals surface area contributed by atoms with E-state index in [1.807, 2.05) is 0 Å².